The fourth-order valence-corrected chi connectivity index (χ4v) is 4.73. The number of nitrogens with one attached hydrogen (secondary N) is 1. The number of carbonyl (C=O) groups is 4. The molecule has 0 fully saturated rings. The van der Waals surface area contributed by atoms with Crippen molar-refractivity contribution in [2.75, 3.05) is 7.15 Å². The van der Waals surface area contributed by atoms with Crippen LogP contribution in [0, 0.1) is 0 Å². The molecular formula is C29H24F4N4O4. The van der Waals surface area contributed by atoms with Crippen molar-refractivity contribution in [3.8, 4) is 22.5 Å². The predicted molar refractivity (Wildman–Crippen MR) is 141 cm³/mol. The van der Waals surface area contributed by atoms with E-state index in [4.69, 9.17) is 1.37 Å². The van der Waals surface area contributed by atoms with Crippen LogP contribution in [0.15, 0.2) is 48.5 Å². The predicted octanol–water partition coefficient (Wildman–Crippen LogP) is 5.66. The molecule has 0 amide bonds. The number of aryl methyl sites for hydroxylation is 2. The summed E-state index contributed by atoms with van der Waals surface area (Å²) in [5.41, 5.74) is 2.58. The fourth-order valence-electron chi connectivity index (χ4n) is 4.73. The van der Waals surface area contributed by atoms with E-state index < -0.39 is 43.0 Å². The number of halogens is 4. The summed E-state index contributed by atoms with van der Waals surface area (Å²) in [6.07, 6.45) is -3.57. The second-order valence-corrected chi connectivity index (χ2v) is 8.95. The lowest BCUT2D eigenvalue weighted by Crippen LogP contribution is -2.28. The zero-order chi connectivity index (χ0) is 30.8. The Balaban J connectivity index is 0.000000181. The Morgan fingerprint density at radius 2 is 1.29 bits per heavy atom. The first-order valence-electron chi connectivity index (χ1n) is 13.1. The van der Waals surface area contributed by atoms with Crippen LogP contribution >= 0.6 is 0 Å². The average Bonchev–Trinajstić information content (AvgIpc) is 3.57. The van der Waals surface area contributed by atoms with Crippen molar-refractivity contribution in [2.45, 2.75) is 39.4 Å². The van der Waals surface area contributed by atoms with Crippen LogP contribution in [0.1, 0.15) is 68.6 Å². The number of aromatic amines is 1. The molecule has 2 aliphatic rings. The number of hydrogen-bond acceptors (Lipinski definition) is 6. The number of rotatable bonds is 3. The van der Waals surface area contributed by atoms with Gasteiger partial charge in [0.15, 0.2) is 0 Å². The molecule has 2 aliphatic carbocycles. The minimum atomic E-state index is -4.50. The monoisotopic (exact) mass is 569 g/mol. The van der Waals surface area contributed by atoms with E-state index in [1.807, 2.05) is 19.1 Å². The van der Waals surface area contributed by atoms with Crippen LogP contribution < -0.4 is 0 Å². The molecule has 212 valence electrons. The highest BCUT2D eigenvalue weighted by Gasteiger charge is 2.39. The Bertz CT molecular complexity index is 1710. The van der Waals surface area contributed by atoms with E-state index in [1.54, 1.807) is 37.3 Å². The lowest BCUT2D eigenvalue weighted by atomic mass is 9.90. The van der Waals surface area contributed by atoms with Gasteiger partial charge >= 0.3 is 6.18 Å². The van der Waals surface area contributed by atoms with E-state index >= 15 is 0 Å². The Morgan fingerprint density at radius 1 is 0.780 bits per heavy atom. The number of imidazole rings is 2. The first-order chi connectivity index (χ1) is 20.0. The Labute approximate surface area is 232 Å². The minimum absolute atomic E-state index is 0.139. The van der Waals surface area contributed by atoms with Crippen molar-refractivity contribution >= 4 is 23.1 Å². The van der Waals surface area contributed by atoms with Gasteiger partial charge in [0.25, 0.3) is 11.6 Å². The molecule has 0 radical (unpaired) electrons. The standard InChI is InChI=1S/C15H11F3N2O2.C13H10N2O2.CH3F/c1-2-10-19-11-8-5-3-4-6-9(8)13(21)14(22)12(11)20(10)7-15(16,17)18;1-2-9-14-10-7-5-3-4-6-8(7)12(16)13(17)11(10)15-9;1-2/h3-6H,2,7H2,1H3;3-6H,2H2,1H3,(H,14,15);1H3/i;;1D. The molecule has 0 bridgehead atoms. The fraction of sp³-hybridized carbons (Fsp3) is 0.241. The van der Waals surface area contributed by atoms with Gasteiger partial charge < -0.3 is 9.55 Å². The Kier molecular flexibility index (Phi) is 7.73. The number of benzene rings is 2. The smallest absolute Gasteiger partial charge is 0.339 e. The molecule has 1 N–H and O–H groups in total. The number of hydrogen-bond donors (Lipinski definition) is 1. The minimum Gasteiger partial charge on any atom is -0.339 e. The molecule has 0 saturated carbocycles. The molecule has 2 aromatic carbocycles. The molecule has 0 spiro atoms. The van der Waals surface area contributed by atoms with Crippen molar-refractivity contribution in [1.82, 2.24) is 19.5 Å². The third-order valence-corrected chi connectivity index (χ3v) is 6.50. The first-order valence-corrected chi connectivity index (χ1v) is 12.4. The molecular weight excluding hydrogens is 544 g/mol. The number of fused-ring (bicyclic) bond motifs is 6. The molecule has 2 heterocycles. The van der Waals surface area contributed by atoms with E-state index in [0.717, 1.165) is 16.0 Å². The van der Waals surface area contributed by atoms with Gasteiger partial charge in [-0.25, -0.2) is 9.97 Å². The molecule has 0 atom stereocenters. The summed E-state index contributed by atoms with van der Waals surface area (Å²) < 4.78 is 54.7. The van der Waals surface area contributed by atoms with E-state index in [2.05, 4.69) is 15.0 Å². The zero-order valence-corrected chi connectivity index (χ0v) is 21.9. The molecule has 12 heteroatoms. The van der Waals surface area contributed by atoms with Crippen molar-refractivity contribution < 1.29 is 38.1 Å². The van der Waals surface area contributed by atoms with Crippen LogP contribution in [-0.2, 0) is 19.4 Å². The molecule has 6 rings (SSSR count). The Hall–Kier alpha value is -4.74. The third kappa shape index (κ3) is 5.24. The summed E-state index contributed by atoms with van der Waals surface area (Å²) in [4.78, 5) is 59.6. The maximum absolute atomic E-state index is 12.8. The first kappa shape index (κ1) is 27.8. The van der Waals surface area contributed by atoms with Gasteiger partial charge in [-0.3, -0.25) is 23.6 Å². The summed E-state index contributed by atoms with van der Waals surface area (Å²) >= 11 is 0. The van der Waals surface area contributed by atoms with E-state index in [9.17, 15) is 36.7 Å². The number of H-pyrrole nitrogens is 1. The molecule has 0 unspecified atom stereocenters. The normalized spacial score (nSPS) is 13.6. The SMILES string of the molecule is CCc1nc2c([nH]1)C(=O)C(=O)c1ccccc1-2.CCc1nc2c(n1CC(F)(F)F)C(=O)C(=O)c1ccccc1-2.[2H]CF. The lowest BCUT2D eigenvalue weighted by molar-refractivity contribution is -0.141. The second kappa shape index (κ2) is 11.4. The third-order valence-electron chi connectivity index (χ3n) is 6.50. The van der Waals surface area contributed by atoms with Gasteiger partial charge in [0.2, 0.25) is 11.6 Å². The molecule has 0 saturated heterocycles. The van der Waals surface area contributed by atoms with Crippen molar-refractivity contribution in [2.24, 2.45) is 0 Å². The average molecular weight is 570 g/mol. The number of Topliss-reactive ketones (excluding diaryl/α,β-unsaturated/α-hetero) is 4. The highest BCUT2D eigenvalue weighted by molar-refractivity contribution is 6.53. The molecule has 4 aromatic rings. The number of nitrogens with zero attached hydrogens (tertiary/aromatic N) is 3. The van der Waals surface area contributed by atoms with Crippen LogP contribution in [0.5, 0.6) is 0 Å². The molecule has 41 heavy (non-hydrogen) atoms. The lowest BCUT2D eigenvalue weighted by Gasteiger charge is -2.17. The maximum Gasteiger partial charge on any atom is 0.406 e. The number of ketones is 4. The van der Waals surface area contributed by atoms with Crippen LogP contribution in [0.4, 0.5) is 17.6 Å². The van der Waals surface area contributed by atoms with Gasteiger partial charge in [0.1, 0.15) is 41.0 Å². The number of aromatic nitrogens is 4. The van der Waals surface area contributed by atoms with E-state index in [0.29, 0.717) is 28.9 Å². The highest BCUT2D eigenvalue weighted by atomic mass is 19.4. The molecule has 0 aliphatic heterocycles. The largest absolute Gasteiger partial charge is 0.406 e. The van der Waals surface area contributed by atoms with Crippen molar-refractivity contribution in [3.05, 3.63) is 82.7 Å². The number of alkyl halides is 4. The van der Waals surface area contributed by atoms with Crippen LogP contribution in [0.25, 0.3) is 22.5 Å². The van der Waals surface area contributed by atoms with Gasteiger partial charge in [-0.05, 0) is 0 Å². The summed E-state index contributed by atoms with van der Waals surface area (Å²) in [6, 6.07) is 13.4. The molecule has 2 aromatic heterocycles. The summed E-state index contributed by atoms with van der Waals surface area (Å²) in [6.45, 7) is 2.26. The Morgan fingerprint density at radius 3 is 1.80 bits per heavy atom. The second-order valence-electron chi connectivity index (χ2n) is 8.95. The van der Waals surface area contributed by atoms with Crippen LogP contribution in [0.2, 0.25) is 0 Å². The van der Waals surface area contributed by atoms with Gasteiger partial charge in [-0.15, -0.1) is 0 Å². The van der Waals surface area contributed by atoms with E-state index in [-0.39, 0.29) is 29.2 Å². The summed E-state index contributed by atoms with van der Waals surface area (Å²) in [5, 5.41) is 0. The van der Waals surface area contributed by atoms with Crippen LogP contribution in [0.3, 0.4) is 0 Å². The number of carbonyl (C=O) groups excluding carboxylic acids is 4. The summed E-state index contributed by atoms with van der Waals surface area (Å²) in [5.74, 6) is -1.82. The topological polar surface area (TPSA) is 115 Å². The van der Waals surface area contributed by atoms with Crippen molar-refractivity contribution in [1.29, 1.82) is 0 Å². The van der Waals surface area contributed by atoms with E-state index in [1.165, 1.54) is 6.07 Å². The summed E-state index contributed by atoms with van der Waals surface area (Å²) in [7, 11) is -1.00. The van der Waals surface area contributed by atoms with Crippen molar-refractivity contribution in [3.63, 3.8) is 0 Å². The van der Waals surface area contributed by atoms with Gasteiger partial charge in [0.05, 0.1) is 8.52 Å². The van der Waals surface area contributed by atoms with Gasteiger partial charge in [-0.2, -0.15) is 13.2 Å². The van der Waals surface area contributed by atoms with Gasteiger partial charge in [-0.1, -0.05) is 62.4 Å². The van der Waals surface area contributed by atoms with Gasteiger partial charge in [0, 0.05) is 35.1 Å². The maximum atomic E-state index is 12.8. The highest BCUT2D eigenvalue weighted by Crippen LogP contribution is 2.35. The zero-order valence-electron chi connectivity index (χ0n) is 22.9. The molecule has 8 nitrogen and oxygen atoms in total. The quantitative estimate of drug-likeness (QED) is 0.252. The van der Waals surface area contributed by atoms with Crippen LogP contribution in [-0.4, -0.2) is 56.0 Å².